The highest BCUT2D eigenvalue weighted by molar-refractivity contribution is 6.30. The third-order valence-electron chi connectivity index (χ3n) is 6.67. The average Bonchev–Trinajstić information content (AvgIpc) is 3.28. The summed E-state index contributed by atoms with van der Waals surface area (Å²) in [4.78, 5) is 27.2. The first-order chi connectivity index (χ1) is 15.6. The number of alkyl halides is 3. The van der Waals surface area contributed by atoms with Crippen LogP contribution in [0.4, 0.5) is 13.2 Å². The zero-order valence-electron chi connectivity index (χ0n) is 18.4. The number of aliphatic hydroxyl groups excluding tert-OH is 1. The van der Waals surface area contributed by atoms with Crippen molar-refractivity contribution in [1.82, 2.24) is 10.2 Å². The lowest BCUT2D eigenvalue weighted by Gasteiger charge is -2.31. The van der Waals surface area contributed by atoms with Crippen molar-refractivity contribution in [3.63, 3.8) is 0 Å². The standard InChI is InChI=1S/C23H31ClF3N3O3/c24-17-9-8-15(12-19(28)23(25,26)27)16(11-17)13-29-21(32)18-7-4-10-30(18)22(33)20(31)14-5-2-1-3-6-14/h8-9,11,14,18-20,31H,1-7,10,12-13,28H2,(H,29,32)/t18-,19?,20-/m0/s1. The minimum absolute atomic E-state index is 0.0387. The van der Waals surface area contributed by atoms with E-state index >= 15 is 0 Å². The van der Waals surface area contributed by atoms with E-state index in [1.165, 1.54) is 23.1 Å². The molecule has 1 unspecified atom stereocenters. The number of halogens is 4. The molecule has 1 saturated heterocycles. The van der Waals surface area contributed by atoms with Crippen LogP contribution in [0.2, 0.25) is 5.02 Å². The SMILES string of the molecule is NC(Cc1ccc(Cl)cc1CNC(=O)[C@@H]1CCCN1C(=O)[C@@H](O)C1CCCCC1)C(F)(F)F. The van der Waals surface area contributed by atoms with Crippen LogP contribution in [0.15, 0.2) is 18.2 Å². The van der Waals surface area contributed by atoms with Gasteiger partial charge in [0.15, 0.2) is 0 Å². The van der Waals surface area contributed by atoms with Crippen LogP contribution in [0.25, 0.3) is 0 Å². The fourth-order valence-corrected chi connectivity index (χ4v) is 4.93. The smallest absolute Gasteiger partial charge is 0.383 e. The number of benzene rings is 1. The molecule has 3 atom stereocenters. The van der Waals surface area contributed by atoms with Crippen LogP contribution < -0.4 is 11.1 Å². The molecule has 1 aromatic carbocycles. The van der Waals surface area contributed by atoms with E-state index in [-0.39, 0.29) is 12.5 Å². The van der Waals surface area contributed by atoms with Crippen molar-refractivity contribution in [2.75, 3.05) is 6.54 Å². The molecule has 1 aliphatic carbocycles. The van der Waals surface area contributed by atoms with Crippen molar-refractivity contribution in [1.29, 1.82) is 0 Å². The molecule has 1 heterocycles. The van der Waals surface area contributed by atoms with Crippen molar-refractivity contribution in [3.8, 4) is 0 Å². The molecule has 1 aliphatic heterocycles. The van der Waals surface area contributed by atoms with Crippen LogP contribution in [0.3, 0.4) is 0 Å². The summed E-state index contributed by atoms with van der Waals surface area (Å²) in [6.45, 7) is 0.354. The highest BCUT2D eigenvalue weighted by Gasteiger charge is 2.39. The summed E-state index contributed by atoms with van der Waals surface area (Å²) in [6.07, 6.45) is -0.298. The average molecular weight is 490 g/mol. The van der Waals surface area contributed by atoms with Crippen LogP contribution in [-0.4, -0.2) is 52.7 Å². The van der Waals surface area contributed by atoms with E-state index in [0.717, 1.165) is 32.1 Å². The number of hydrogen-bond acceptors (Lipinski definition) is 4. The Balaban J connectivity index is 1.64. The summed E-state index contributed by atoms with van der Waals surface area (Å²) in [6, 6.07) is 1.72. The first-order valence-corrected chi connectivity index (χ1v) is 11.8. The van der Waals surface area contributed by atoms with Gasteiger partial charge in [-0.1, -0.05) is 36.9 Å². The van der Waals surface area contributed by atoms with E-state index in [2.05, 4.69) is 5.32 Å². The van der Waals surface area contributed by atoms with Crippen molar-refractivity contribution in [3.05, 3.63) is 34.3 Å². The van der Waals surface area contributed by atoms with E-state index in [1.807, 2.05) is 0 Å². The number of hydrogen-bond donors (Lipinski definition) is 3. The van der Waals surface area contributed by atoms with Crippen LogP contribution in [0.5, 0.6) is 0 Å². The third kappa shape index (κ3) is 6.61. The number of nitrogens with zero attached hydrogens (tertiary/aromatic N) is 1. The highest BCUT2D eigenvalue weighted by atomic mass is 35.5. The van der Waals surface area contributed by atoms with Gasteiger partial charge in [-0.3, -0.25) is 9.59 Å². The molecule has 2 aliphatic rings. The molecule has 1 aromatic rings. The summed E-state index contributed by atoms with van der Waals surface area (Å²) in [5.74, 6) is -0.899. The van der Waals surface area contributed by atoms with Gasteiger partial charge in [-0.25, -0.2) is 0 Å². The Hall–Kier alpha value is -1.84. The lowest BCUT2D eigenvalue weighted by Crippen LogP contribution is -2.50. The second kappa shape index (κ2) is 11.1. The molecular weight excluding hydrogens is 459 g/mol. The zero-order chi connectivity index (χ0) is 24.2. The summed E-state index contributed by atoms with van der Waals surface area (Å²) in [5, 5.41) is 13.6. The van der Waals surface area contributed by atoms with Gasteiger partial charge in [0.25, 0.3) is 5.91 Å². The molecule has 2 fully saturated rings. The molecular formula is C23H31ClF3N3O3. The van der Waals surface area contributed by atoms with Crippen molar-refractivity contribution in [2.24, 2.45) is 11.7 Å². The second-order valence-electron chi connectivity index (χ2n) is 9.02. The number of carbonyl (C=O) groups excluding carboxylic acids is 2. The number of carbonyl (C=O) groups is 2. The largest absolute Gasteiger partial charge is 0.403 e. The number of rotatable bonds is 7. The molecule has 10 heteroatoms. The minimum atomic E-state index is -4.54. The van der Waals surface area contributed by atoms with Gasteiger partial charge in [-0.2, -0.15) is 13.2 Å². The fraction of sp³-hybridized carbons (Fsp3) is 0.652. The van der Waals surface area contributed by atoms with Crippen LogP contribution in [0.1, 0.15) is 56.1 Å². The predicted molar refractivity (Wildman–Crippen MR) is 118 cm³/mol. The first kappa shape index (κ1) is 25.8. The molecule has 2 amide bonds. The van der Waals surface area contributed by atoms with E-state index in [0.29, 0.717) is 35.5 Å². The molecule has 4 N–H and O–H groups in total. The second-order valence-corrected chi connectivity index (χ2v) is 9.45. The molecule has 0 spiro atoms. The molecule has 1 saturated carbocycles. The van der Waals surface area contributed by atoms with Gasteiger partial charge in [-0.15, -0.1) is 0 Å². The molecule has 6 nitrogen and oxygen atoms in total. The number of nitrogens with two attached hydrogens (primary N) is 1. The van der Waals surface area contributed by atoms with E-state index in [9.17, 15) is 27.9 Å². The molecule has 33 heavy (non-hydrogen) atoms. The number of likely N-dealkylation sites (tertiary alicyclic amines) is 1. The minimum Gasteiger partial charge on any atom is -0.383 e. The zero-order valence-corrected chi connectivity index (χ0v) is 19.2. The van der Waals surface area contributed by atoms with E-state index < -0.39 is 42.6 Å². The Morgan fingerprint density at radius 2 is 1.85 bits per heavy atom. The van der Waals surface area contributed by atoms with Crippen LogP contribution in [-0.2, 0) is 22.6 Å². The van der Waals surface area contributed by atoms with E-state index in [4.69, 9.17) is 17.3 Å². The molecule has 0 aromatic heterocycles. The summed E-state index contributed by atoms with van der Waals surface area (Å²) >= 11 is 6.01. The Kier molecular flexibility index (Phi) is 8.64. The monoisotopic (exact) mass is 489 g/mol. The van der Waals surface area contributed by atoms with E-state index in [1.54, 1.807) is 0 Å². The maximum Gasteiger partial charge on any atom is 0.403 e. The number of aliphatic hydroxyl groups is 1. The summed E-state index contributed by atoms with van der Waals surface area (Å²) in [5.41, 5.74) is 6.06. The third-order valence-corrected chi connectivity index (χ3v) is 6.90. The topological polar surface area (TPSA) is 95.7 Å². The van der Waals surface area contributed by atoms with Gasteiger partial charge < -0.3 is 21.1 Å². The Labute approximate surface area is 196 Å². The quantitative estimate of drug-likeness (QED) is 0.547. The fourth-order valence-electron chi connectivity index (χ4n) is 4.74. The van der Waals surface area contributed by atoms with Gasteiger partial charge in [-0.05, 0) is 61.3 Å². The molecule has 3 rings (SSSR count). The highest BCUT2D eigenvalue weighted by Crippen LogP contribution is 2.29. The number of nitrogens with one attached hydrogen (secondary N) is 1. The Morgan fingerprint density at radius 1 is 1.15 bits per heavy atom. The Morgan fingerprint density at radius 3 is 2.52 bits per heavy atom. The van der Waals surface area contributed by atoms with Gasteiger partial charge in [0.1, 0.15) is 18.2 Å². The maximum absolute atomic E-state index is 12.9. The van der Waals surface area contributed by atoms with Crippen molar-refractivity contribution < 1.29 is 27.9 Å². The van der Waals surface area contributed by atoms with Crippen molar-refractivity contribution in [2.45, 2.75) is 82.3 Å². The number of amides is 2. The predicted octanol–water partition coefficient (Wildman–Crippen LogP) is 3.32. The van der Waals surface area contributed by atoms with Crippen LogP contribution >= 0.6 is 11.6 Å². The van der Waals surface area contributed by atoms with Gasteiger partial charge in [0.05, 0.1) is 0 Å². The molecule has 184 valence electrons. The van der Waals surface area contributed by atoms with Crippen LogP contribution in [0, 0.1) is 5.92 Å². The molecule has 0 radical (unpaired) electrons. The summed E-state index contributed by atoms with van der Waals surface area (Å²) < 4.78 is 38.7. The summed E-state index contributed by atoms with van der Waals surface area (Å²) in [7, 11) is 0. The van der Waals surface area contributed by atoms with Gasteiger partial charge in [0.2, 0.25) is 5.91 Å². The lowest BCUT2D eigenvalue weighted by molar-refractivity contribution is -0.148. The van der Waals surface area contributed by atoms with Gasteiger partial charge >= 0.3 is 6.18 Å². The lowest BCUT2D eigenvalue weighted by atomic mass is 9.84. The van der Waals surface area contributed by atoms with Gasteiger partial charge in [0, 0.05) is 18.1 Å². The normalized spacial score (nSPS) is 21.6. The van der Waals surface area contributed by atoms with Crippen molar-refractivity contribution >= 4 is 23.4 Å². The first-order valence-electron chi connectivity index (χ1n) is 11.4. The maximum atomic E-state index is 12.9. The Bertz CT molecular complexity index is 846. The molecule has 0 bridgehead atoms.